The molecular formula is C14H25N3O. The first-order chi connectivity index (χ1) is 8.62. The van der Waals surface area contributed by atoms with Crippen LogP contribution in [0.2, 0.25) is 0 Å². The summed E-state index contributed by atoms with van der Waals surface area (Å²) in [5, 5.41) is 12.2. The highest BCUT2D eigenvalue weighted by molar-refractivity contribution is 5.82. The van der Waals surface area contributed by atoms with Crippen LogP contribution in [0.1, 0.15) is 40.0 Å². The maximum Gasteiger partial charge on any atom is 0.239 e. The molecule has 1 rings (SSSR count). The van der Waals surface area contributed by atoms with Crippen molar-refractivity contribution in [1.82, 2.24) is 10.2 Å². The Kier molecular flexibility index (Phi) is 6.14. The first-order valence-electron chi connectivity index (χ1n) is 7.04. The number of carbonyl (C=O) groups is 1. The topological polar surface area (TPSA) is 56.1 Å². The van der Waals surface area contributed by atoms with Crippen LogP contribution in [0.25, 0.3) is 0 Å². The number of carbonyl (C=O) groups excluding carboxylic acids is 1. The van der Waals surface area contributed by atoms with Crippen molar-refractivity contribution < 1.29 is 4.79 Å². The Balaban J connectivity index is 2.57. The van der Waals surface area contributed by atoms with Gasteiger partial charge in [0.25, 0.3) is 0 Å². The van der Waals surface area contributed by atoms with Crippen LogP contribution in [-0.2, 0) is 4.79 Å². The number of hydrogen-bond acceptors (Lipinski definition) is 3. The van der Waals surface area contributed by atoms with Gasteiger partial charge in [-0.25, -0.2) is 0 Å². The summed E-state index contributed by atoms with van der Waals surface area (Å²) in [6, 6.07) is 2.15. The van der Waals surface area contributed by atoms with Crippen LogP contribution in [0.5, 0.6) is 0 Å². The molecule has 1 saturated heterocycles. The number of nitrogens with one attached hydrogen (secondary N) is 1. The van der Waals surface area contributed by atoms with Gasteiger partial charge in [-0.05, 0) is 39.2 Å². The Hall–Kier alpha value is -1.08. The van der Waals surface area contributed by atoms with Crippen molar-refractivity contribution in [3.63, 3.8) is 0 Å². The standard InChI is InChI=1S/C14H25N3O/c1-4-12-6-7-16-13(8-12)14(18)17(5-2)10-11(3)9-15/h11-13,16H,4-8,10H2,1-3H3. The van der Waals surface area contributed by atoms with E-state index in [0.717, 1.165) is 19.4 Å². The summed E-state index contributed by atoms with van der Waals surface area (Å²) in [7, 11) is 0. The van der Waals surface area contributed by atoms with Gasteiger partial charge in [0, 0.05) is 13.1 Å². The van der Waals surface area contributed by atoms with E-state index in [9.17, 15) is 4.79 Å². The van der Waals surface area contributed by atoms with Gasteiger partial charge >= 0.3 is 0 Å². The molecule has 0 aromatic carbocycles. The Morgan fingerprint density at radius 1 is 1.56 bits per heavy atom. The number of hydrogen-bond donors (Lipinski definition) is 1. The van der Waals surface area contributed by atoms with Crippen LogP contribution in [0.4, 0.5) is 0 Å². The van der Waals surface area contributed by atoms with E-state index in [1.54, 1.807) is 0 Å². The van der Waals surface area contributed by atoms with Gasteiger partial charge in [0.15, 0.2) is 0 Å². The van der Waals surface area contributed by atoms with E-state index in [0.29, 0.717) is 19.0 Å². The van der Waals surface area contributed by atoms with E-state index in [1.165, 1.54) is 6.42 Å². The molecule has 1 aliphatic heterocycles. The minimum absolute atomic E-state index is 0.0467. The molecule has 18 heavy (non-hydrogen) atoms. The molecule has 4 nitrogen and oxygen atoms in total. The lowest BCUT2D eigenvalue weighted by atomic mass is 9.90. The van der Waals surface area contributed by atoms with E-state index >= 15 is 0 Å². The lowest BCUT2D eigenvalue weighted by Crippen LogP contribution is -2.51. The summed E-state index contributed by atoms with van der Waals surface area (Å²) in [6.07, 6.45) is 3.25. The quantitative estimate of drug-likeness (QED) is 0.810. The fraction of sp³-hybridized carbons (Fsp3) is 0.857. The summed E-state index contributed by atoms with van der Waals surface area (Å²) in [5.41, 5.74) is 0. The second-order valence-electron chi connectivity index (χ2n) is 5.21. The van der Waals surface area contributed by atoms with Crippen molar-refractivity contribution in [2.45, 2.75) is 46.1 Å². The van der Waals surface area contributed by atoms with Crippen molar-refractivity contribution in [3.05, 3.63) is 0 Å². The van der Waals surface area contributed by atoms with Crippen LogP contribution in [0.3, 0.4) is 0 Å². The van der Waals surface area contributed by atoms with Gasteiger partial charge < -0.3 is 10.2 Å². The summed E-state index contributed by atoms with van der Waals surface area (Å²) < 4.78 is 0. The van der Waals surface area contributed by atoms with Gasteiger partial charge in [0.1, 0.15) is 0 Å². The summed E-state index contributed by atoms with van der Waals surface area (Å²) >= 11 is 0. The Morgan fingerprint density at radius 3 is 2.83 bits per heavy atom. The zero-order valence-corrected chi connectivity index (χ0v) is 11.8. The lowest BCUT2D eigenvalue weighted by Gasteiger charge is -2.33. The highest BCUT2D eigenvalue weighted by atomic mass is 16.2. The lowest BCUT2D eigenvalue weighted by molar-refractivity contribution is -0.134. The van der Waals surface area contributed by atoms with E-state index in [4.69, 9.17) is 5.26 Å². The summed E-state index contributed by atoms with van der Waals surface area (Å²) in [6.45, 7) is 8.18. The van der Waals surface area contributed by atoms with Crippen LogP contribution in [-0.4, -0.2) is 36.5 Å². The smallest absolute Gasteiger partial charge is 0.239 e. The van der Waals surface area contributed by atoms with Crippen LogP contribution in [0, 0.1) is 23.2 Å². The monoisotopic (exact) mass is 251 g/mol. The second-order valence-corrected chi connectivity index (χ2v) is 5.21. The molecule has 1 fully saturated rings. The molecule has 102 valence electrons. The van der Waals surface area contributed by atoms with Gasteiger partial charge in [-0.2, -0.15) is 5.26 Å². The number of amides is 1. The molecule has 1 aliphatic rings. The number of likely N-dealkylation sites (N-methyl/N-ethyl adjacent to an activating group) is 1. The van der Waals surface area contributed by atoms with Crippen LogP contribution in [0.15, 0.2) is 0 Å². The van der Waals surface area contributed by atoms with Gasteiger partial charge in [-0.3, -0.25) is 4.79 Å². The molecule has 1 heterocycles. The fourth-order valence-corrected chi connectivity index (χ4v) is 2.52. The average Bonchev–Trinajstić information content (AvgIpc) is 2.43. The van der Waals surface area contributed by atoms with Crippen LogP contribution < -0.4 is 5.32 Å². The molecule has 0 bridgehead atoms. The molecular weight excluding hydrogens is 226 g/mol. The molecule has 1 amide bonds. The SMILES string of the molecule is CCC1CCNC(C(=O)N(CC)CC(C)C#N)C1. The third-order valence-electron chi connectivity index (χ3n) is 3.80. The number of rotatable bonds is 5. The molecule has 4 heteroatoms. The molecule has 0 spiro atoms. The highest BCUT2D eigenvalue weighted by Crippen LogP contribution is 2.20. The van der Waals surface area contributed by atoms with Gasteiger partial charge in [0.05, 0.1) is 18.0 Å². The predicted molar refractivity (Wildman–Crippen MR) is 71.8 cm³/mol. The number of piperidine rings is 1. The molecule has 0 aliphatic carbocycles. The summed E-state index contributed by atoms with van der Waals surface area (Å²) in [5.74, 6) is 0.726. The van der Waals surface area contributed by atoms with Gasteiger partial charge in [-0.15, -0.1) is 0 Å². The van der Waals surface area contributed by atoms with E-state index in [-0.39, 0.29) is 17.9 Å². The molecule has 0 radical (unpaired) electrons. The van der Waals surface area contributed by atoms with Crippen LogP contribution >= 0.6 is 0 Å². The third-order valence-corrected chi connectivity index (χ3v) is 3.80. The molecule has 3 unspecified atom stereocenters. The van der Waals surface area contributed by atoms with Crippen molar-refractivity contribution in [2.75, 3.05) is 19.6 Å². The zero-order chi connectivity index (χ0) is 13.5. The van der Waals surface area contributed by atoms with Crippen molar-refractivity contribution in [2.24, 2.45) is 11.8 Å². The van der Waals surface area contributed by atoms with Crippen molar-refractivity contribution in [1.29, 1.82) is 5.26 Å². The maximum absolute atomic E-state index is 12.4. The second kappa shape index (κ2) is 7.38. The minimum atomic E-state index is -0.0977. The minimum Gasteiger partial charge on any atom is -0.340 e. The molecule has 0 saturated carbocycles. The van der Waals surface area contributed by atoms with E-state index in [1.807, 2.05) is 18.7 Å². The van der Waals surface area contributed by atoms with Crippen molar-refractivity contribution in [3.8, 4) is 6.07 Å². The third kappa shape index (κ3) is 3.99. The van der Waals surface area contributed by atoms with Gasteiger partial charge in [-0.1, -0.05) is 13.3 Å². The zero-order valence-electron chi connectivity index (χ0n) is 11.8. The Bertz CT molecular complexity index is 311. The Morgan fingerprint density at radius 2 is 2.28 bits per heavy atom. The summed E-state index contributed by atoms with van der Waals surface area (Å²) in [4.78, 5) is 14.2. The average molecular weight is 251 g/mol. The number of nitriles is 1. The molecule has 0 aromatic heterocycles. The largest absolute Gasteiger partial charge is 0.340 e. The fourth-order valence-electron chi connectivity index (χ4n) is 2.52. The van der Waals surface area contributed by atoms with E-state index < -0.39 is 0 Å². The Labute approximate surface area is 110 Å². The predicted octanol–water partition coefficient (Wildman–Crippen LogP) is 1.77. The van der Waals surface area contributed by atoms with E-state index in [2.05, 4.69) is 18.3 Å². The molecule has 0 aromatic rings. The van der Waals surface area contributed by atoms with Gasteiger partial charge in [0.2, 0.25) is 5.91 Å². The maximum atomic E-state index is 12.4. The number of nitrogens with zero attached hydrogens (tertiary/aromatic N) is 2. The van der Waals surface area contributed by atoms with Crippen molar-refractivity contribution >= 4 is 5.91 Å². The normalized spacial score (nSPS) is 25.2. The first-order valence-corrected chi connectivity index (χ1v) is 7.04. The highest BCUT2D eigenvalue weighted by Gasteiger charge is 2.29. The molecule has 1 N–H and O–H groups in total. The first kappa shape index (κ1) is 15.0. The molecule has 3 atom stereocenters.